The fourth-order valence-electron chi connectivity index (χ4n) is 3.03. The summed E-state index contributed by atoms with van der Waals surface area (Å²) in [6.07, 6.45) is 1.83. The van der Waals surface area contributed by atoms with Crippen molar-refractivity contribution in [2.75, 3.05) is 5.73 Å². The third-order valence-corrected chi connectivity index (χ3v) is 4.39. The number of aromatic nitrogens is 2. The number of amidine groups is 1. The molecule has 0 unspecified atom stereocenters. The lowest BCUT2D eigenvalue weighted by Crippen LogP contribution is -2.12. The van der Waals surface area contributed by atoms with Crippen molar-refractivity contribution in [1.82, 2.24) is 9.97 Å². The van der Waals surface area contributed by atoms with Crippen LogP contribution in [-0.2, 0) is 0 Å². The largest absolute Gasteiger partial charge is 0.409 e. The van der Waals surface area contributed by atoms with Crippen LogP contribution in [0.4, 0.5) is 5.82 Å². The quantitative estimate of drug-likeness (QED) is 0.225. The lowest BCUT2D eigenvalue weighted by atomic mass is 10.0. The normalized spacial score (nSPS) is 11.6. The molecule has 0 bridgehead atoms. The third kappa shape index (κ3) is 3.16. The Kier molecular flexibility index (Phi) is 4.14. The number of pyridine rings is 2. The summed E-state index contributed by atoms with van der Waals surface area (Å²) in [7, 11) is 0. The number of nitrogens with two attached hydrogens (primary N) is 2. The Bertz CT molecular complexity index is 1140. The smallest absolute Gasteiger partial charge is 0.170 e. The Morgan fingerprint density at radius 3 is 2.37 bits per heavy atom. The van der Waals surface area contributed by atoms with Crippen molar-refractivity contribution < 1.29 is 5.21 Å². The van der Waals surface area contributed by atoms with Crippen LogP contribution in [0.15, 0.2) is 78.1 Å². The van der Waals surface area contributed by atoms with Crippen LogP contribution in [0.1, 0.15) is 5.56 Å². The molecule has 5 N–H and O–H groups in total. The molecule has 0 fully saturated rings. The highest BCUT2D eigenvalue weighted by molar-refractivity contribution is 5.97. The highest BCUT2D eigenvalue weighted by atomic mass is 16.4. The van der Waals surface area contributed by atoms with E-state index in [4.69, 9.17) is 16.7 Å². The van der Waals surface area contributed by atoms with Gasteiger partial charge in [-0.3, -0.25) is 4.98 Å². The van der Waals surface area contributed by atoms with Gasteiger partial charge in [0, 0.05) is 28.3 Å². The zero-order chi connectivity index (χ0) is 18.8. The number of hydrogen-bond acceptors (Lipinski definition) is 5. The molecule has 0 saturated heterocycles. The number of oxime groups is 1. The van der Waals surface area contributed by atoms with Gasteiger partial charge in [0.25, 0.3) is 0 Å². The predicted octanol–water partition coefficient (Wildman–Crippen LogP) is 3.64. The molecule has 132 valence electrons. The first kappa shape index (κ1) is 16.5. The topological polar surface area (TPSA) is 110 Å². The van der Waals surface area contributed by atoms with E-state index in [1.165, 1.54) is 0 Å². The van der Waals surface area contributed by atoms with Crippen LogP contribution in [0, 0.1) is 0 Å². The Labute approximate surface area is 155 Å². The maximum atomic E-state index is 8.75. The van der Waals surface area contributed by atoms with Crippen LogP contribution >= 0.6 is 0 Å². The van der Waals surface area contributed by atoms with Crippen LogP contribution in [0.5, 0.6) is 0 Å². The standard InChI is InChI=1S/C21H17N5O/c22-20-11-17(16-3-1-2-4-19(16)25-20)15-9-10-18(24-12-15)13-5-7-14(8-6-13)21(23)26-27/h1-12,27H,(H2,22,25)(H2,23,26). The summed E-state index contributed by atoms with van der Waals surface area (Å²) in [4.78, 5) is 8.96. The second-order valence-electron chi connectivity index (χ2n) is 6.11. The van der Waals surface area contributed by atoms with Crippen LogP contribution in [0.3, 0.4) is 0 Å². The average Bonchev–Trinajstić information content (AvgIpc) is 2.73. The zero-order valence-corrected chi connectivity index (χ0v) is 14.4. The van der Waals surface area contributed by atoms with Gasteiger partial charge in [-0.15, -0.1) is 0 Å². The van der Waals surface area contributed by atoms with Gasteiger partial charge in [-0.1, -0.05) is 53.7 Å². The molecule has 2 aromatic heterocycles. The summed E-state index contributed by atoms with van der Waals surface area (Å²) in [6, 6.07) is 21.1. The first-order valence-corrected chi connectivity index (χ1v) is 8.36. The number of rotatable bonds is 3. The van der Waals surface area contributed by atoms with E-state index in [9.17, 15) is 0 Å². The lowest BCUT2D eigenvalue weighted by Gasteiger charge is -2.09. The van der Waals surface area contributed by atoms with Gasteiger partial charge in [-0.2, -0.15) is 0 Å². The number of benzene rings is 2. The first-order chi connectivity index (χ1) is 13.2. The van der Waals surface area contributed by atoms with E-state index in [1.807, 2.05) is 60.8 Å². The molecule has 2 aromatic carbocycles. The number of para-hydroxylation sites is 1. The van der Waals surface area contributed by atoms with Gasteiger partial charge >= 0.3 is 0 Å². The SMILES string of the molecule is N/C(=N\O)c1ccc(-c2ccc(-c3cc(N)nc4ccccc34)cn2)cc1. The van der Waals surface area contributed by atoms with Crippen molar-refractivity contribution in [2.45, 2.75) is 0 Å². The van der Waals surface area contributed by atoms with E-state index in [0.29, 0.717) is 11.4 Å². The maximum Gasteiger partial charge on any atom is 0.170 e. The molecule has 4 aromatic rings. The molecule has 0 aliphatic rings. The van der Waals surface area contributed by atoms with Crippen molar-refractivity contribution >= 4 is 22.6 Å². The molecule has 0 aliphatic carbocycles. The van der Waals surface area contributed by atoms with Gasteiger partial charge in [-0.25, -0.2) is 4.98 Å². The average molecular weight is 355 g/mol. The van der Waals surface area contributed by atoms with E-state index in [1.54, 1.807) is 12.1 Å². The Hall–Kier alpha value is -3.93. The molecule has 6 nitrogen and oxygen atoms in total. The van der Waals surface area contributed by atoms with Gasteiger partial charge in [0.2, 0.25) is 0 Å². The van der Waals surface area contributed by atoms with Gasteiger partial charge in [-0.05, 0) is 23.8 Å². The Morgan fingerprint density at radius 2 is 1.67 bits per heavy atom. The predicted molar refractivity (Wildman–Crippen MR) is 107 cm³/mol. The monoisotopic (exact) mass is 355 g/mol. The van der Waals surface area contributed by atoms with E-state index in [0.717, 1.165) is 33.3 Å². The highest BCUT2D eigenvalue weighted by Crippen LogP contribution is 2.30. The van der Waals surface area contributed by atoms with Crippen molar-refractivity contribution in [3.05, 3.63) is 78.5 Å². The number of fused-ring (bicyclic) bond motifs is 1. The minimum Gasteiger partial charge on any atom is -0.409 e. The first-order valence-electron chi connectivity index (χ1n) is 8.36. The second kappa shape index (κ2) is 6.76. The van der Waals surface area contributed by atoms with Crippen molar-refractivity contribution in [3.63, 3.8) is 0 Å². The van der Waals surface area contributed by atoms with Crippen molar-refractivity contribution in [1.29, 1.82) is 0 Å². The second-order valence-corrected chi connectivity index (χ2v) is 6.11. The molecule has 4 rings (SSSR count). The minimum atomic E-state index is 0.0759. The molecule has 0 amide bonds. The fourth-order valence-corrected chi connectivity index (χ4v) is 3.03. The summed E-state index contributed by atoms with van der Waals surface area (Å²) in [6.45, 7) is 0. The summed E-state index contributed by atoms with van der Waals surface area (Å²) in [5, 5.41) is 12.8. The number of nitrogens with zero attached hydrogens (tertiary/aromatic N) is 3. The van der Waals surface area contributed by atoms with Gasteiger partial charge in [0.05, 0.1) is 11.2 Å². The van der Waals surface area contributed by atoms with Gasteiger partial charge < -0.3 is 16.7 Å². The molecular weight excluding hydrogens is 338 g/mol. The Morgan fingerprint density at radius 1 is 0.926 bits per heavy atom. The zero-order valence-electron chi connectivity index (χ0n) is 14.4. The van der Waals surface area contributed by atoms with Crippen LogP contribution in [-0.4, -0.2) is 21.0 Å². The van der Waals surface area contributed by atoms with Crippen LogP contribution in [0.2, 0.25) is 0 Å². The number of hydrogen-bond donors (Lipinski definition) is 3. The number of anilines is 1. The highest BCUT2D eigenvalue weighted by Gasteiger charge is 2.08. The summed E-state index contributed by atoms with van der Waals surface area (Å²) >= 11 is 0. The van der Waals surface area contributed by atoms with E-state index in [-0.39, 0.29) is 5.84 Å². The van der Waals surface area contributed by atoms with E-state index < -0.39 is 0 Å². The van der Waals surface area contributed by atoms with Gasteiger partial charge in [0.15, 0.2) is 5.84 Å². The van der Waals surface area contributed by atoms with Crippen LogP contribution < -0.4 is 11.5 Å². The maximum absolute atomic E-state index is 8.75. The third-order valence-electron chi connectivity index (χ3n) is 4.39. The lowest BCUT2D eigenvalue weighted by molar-refractivity contribution is 0.318. The van der Waals surface area contributed by atoms with Crippen molar-refractivity contribution in [2.24, 2.45) is 10.9 Å². The molecule has 0 aliphatic heterocycles. The van der Waals surface area contributed by atoms with E-state index >= 15 is 0 Å². The summed E-state index contributed by atoms with van der Waals surface area (Å²) < 4.78 is 0. The number of nitrogen functional groups attached to an aromatic ring is 1. The molecule has 0 spiro atoms. The van der Waals surface area contributed by atoms with Gasteiger partial charge in [0.1, 0.15) is 5.82 Å². The van der Waals surface area contributed by atoms with E-state index in [2.05, 4.69) is 15.1 Å². The molecule has 0 saturated carbocycles. The molecular formula is C21H17N5O. The minimum absolute atomic E-state index is 0.0759. The molecule has 0 atom stereocenters. The summed E-state index contributed by atoms with van der Waals surface area (Å²) in [5.74, 6) is 0.554. The fraction of sp³-hybridized carbons (Fsp3) is 0. The molecule has 2 heterocycles. The molecule has 0 radical (unpaired) electrons. The molecule has 27 heavy (non-hydrogen) atoms. The van der Waals surface area contributed by atoms with Crippen molar-refractivity contribution in [3.8, 4) is 22.4 Å². The molecule has 6 heteroatoms. The summed E-state index contributed by atoms with van der Waals surface area (Å²) in [5.41, 5.74) is 16.8. The Balaban J connectivity index is 1.71. The van der Waals surface area contributed by atoms with Crippen LogP contribution in [0.25, 0.3) is 33.3 Å².